The van der Waals surface area contributed by atoms with E-state index in [0.717, 1.165) is 30.3 Å². The van der Waals surface area contributed by atoms with Crippen molar-refractivity contribution in [1.82, 2.24) is 15.0 Å². The Morgan fingerprint density at radius 1 is 0.517 bits per heavy atom. The van der Waals surface area contributed by atoms with Crippen LogP contribution >= 0.6 is 0 Å². The summed E-state index contributed by atoms with van der Waals surface area (Å²) in [6.07, 6.45) is 0. The van der Waals surface area contributed by atoms with Gasteiger partial charge in [-0.2, -0.15) is 69.1 Å². The Morgan fingerprint density at radius 2 is 1.10 bits per heavy atom. The van der Waals surface area contributed by atoms with E-state index in [9.17, 15) is 52.4 Å². The van der Waals surface area contributed by atoms with E-state index in [1.807, 2.05) is 0 Å². The SMILES string of the molecule is Cc1cc(Nc2nc(O)nc(Nc3ccc(/N=N/c4ccc(S(=O)(=O)O)cc4)cc3S(=O)(=O)O)n2)ccc1/N=N/c1cc(S(=O)(=O)O)c2cccc(S(=O)(=O)O)c2c1. The lowest BCUT2D eigenvalue weighted by Crippen LogP contribution is -2.07. The van der Waals surface area contributed by atoms with Gasteiger partial charge in [0.1, 0.15) is 14.7 Å². The van der Waals surface area contributed by atoms with E-state index in [0.29, 0.717) is 11.3 Å². The maximum Gasteiger partial charge on any atom is 0.320 e. The molecule has 22 nitrogen and oxygen atoms in total. The lowest BCUT2D eigenvalue weighted by molar-refractivity contribution is 0.430. The third-order valence-electron chi connectivity index (χ3n) is 7.71. The molecule has 1 heterocycles. The second-order valence-electron chi connectivity index (χ2n) is 11.8. The smallest absolute Gasteiger partial charge is 0.320 e. The minimum Gasteiger partial charge on any atom is -0.479 e. The summed E-state index contributed by atoms with van der Waals surface area (Å²) in [6, 6.07) is 17.4. The number of nitrogens with zero attached hydrogens (tertiary/aromatic N) is 7. The van der Waals surface area contributed by atoms with Gasteiger partial charge in [0.25, 0.3) is 40.5 Å². The number of nitrogens with one attached hydrogen (secondary N) is 2. The van der Waals surface area contributed by atoms with E-state index in [1.54, 1.807) is 13.0 Å². The monoisotopic (exact) mass is 871 g/mol. The van der Waals surface area contributed by atoms with E-state index in [1.165, 1.54) is 54.6 Å². The van der Waals surface area contributed by atoms with Gasteiger partial charge in [-0.3, -0.25) is 18.2 Å². The summed E-state index contributed by atoms with van der Waals surface area (Å²) in [5, 5.41) is 31.1. The highest BCUT2D eigenvalue weighted by Gasteiger charge is 2.22. The van der Waals surface area contributed by atoms with Gasteiger partial charge < -0.3 is 15.7 Å². The van der Waals surface area contributed by atoms with Crippen LogP contribution in [-0.4, -0.2) is 71.9 Å². The highest BCUT2D eigenvalue weighted by Crippen LogP contribution is 2.35. The predicted octanol–water partition coefficient (Wildman–Crippen LogP) is 6.34. The molecular weight excluding hydrogens is 847 g/mol. The van der Waals surface area contributed by atoms with Crippen molar-refractivity contribution in [2.45, 2.75) is 26.5 Å². The molecule has 6 aromatic rings. The number of azo groups is 2. The van der Waals surface area contributed by atoms with Crippen molar-refractivity contribution in [3.05, 3.63) is 96.6 Å². The first-order valence-corrected chi connectivity index (χ1v) is 21.4. The molecule has 7 N–H and O–H groups in total. The molecule has 0 fully saturated rings. The Hall–Kier alpha value is -6.39. The number of benzene rings is 5. The van der Waals surface area contributed by atoms with Crippen LogP contribution in [0.2, 0.25) is 0 Å². The first-order chi connectivity index (χ1) is 27.0. The van der Waals surface area contributed by atoms with Crippen LogP contribution in [0.25, 0.3) is 10.8 Å². The van der Waals surface area contributed by atoms with Gasteiger partial charge in [-0.05, 0) is 91.3 Å². The molecule has 5 aromatic carbocycles. The third-order valence-corrected chi connectivity index (χ3v) is 11.3. The summed E-state index contributed by atoms with van der Waals surface area (Å²) in [4.78, 5) is 9.30. The van der Waals surface area contributed by atoms with Gasteiger partial charge >= 0.3 is 6.01 Å². The van der Waals surface area contributed by atoms with Gasteiger partial charge in [-0.25, -0.2) is 0 Å². The number of anilines is 4. The van der Waals surface area contributed by atoms with Crippen molar-refractivity contribution in [2.75, 3.05) is 10.6 Å². The molecule has 300 valence electrons. The Balaban J connectivity index is 1.22. The standard InChI is InChI=1S/C32H25N9O13S4/c1-17-13-19(7-11-25(17)41-40-21-14-24-23(28(16-21)57(49,50)51)3-2-4-27(24)56(46,47)48)33-30-35-31(37-32(42)36-30)34-26-12-8-20(15-29(26)58(52,53)54)39-38-18-5-9-22(10-6-18)55(43,44)45/h2-16H,1H3,(H,43,44,45)(H,46,47,48)(H,49,50,51)(H,52,53,54)(H3,33,34,35,36,37,42)/b39-38+,41-40+. The first kappa shape index (κ1) is 41.2. The minimum atomic E-state index is -4.90. The molecule has 0 amide bonds. The van der Waals surface area contributed by atoms with Crippen LogP contribution in [0.3, 0.4) is 0 Å². The molecule has 0 spiro atoms. The molecule has 0 aliphatic heterocycles. The number of aromatic hydroxyl groups is 1. The zero-order chi connectivity index (χ0) is 42.2. The molecule has 58 heavy (non-hydrogen) atoms. The molecule has 0 saturated carbocycles. The topological polar surface area (TPSA) is 350 Å². The second kappa shape index (κ2) is 15.5. The lowest BCUT2D eigenvalue weighted by atomic mass is 10.1. The molecule has 0 aliphatic rings. The summed E-state index contributed by atoms with van der Waals surface area (Å²) in [7, 11) is -19.0. The Kier molecular flexibility index (Phi) is 11.0. The van der Waals surface area contributed by atoms with Crippen LogP contribution < -0.4 is 10.6 Å². The van der Waals surface area contributed by atoms with Crippen molar-refractivity contribution >= 4 is 97.3 Å². The van der Waals surface area contributed by atoms with Gasteiger partial charge in [0.15, 0.2) is 0 Å². The van der Waals surface area contributed by atoms with Gasteiger partial charge in [0.2, 0.25) is 11.9 Å². The number of rotatable bonds is 12. The molecule has 26 heteroatoms. The summed E-state index contributed by atoms with van der Waals surface area (Å²) in [5.41, 5.74) is 0.735. The molecule has 0 bridgehead atoms. The molecule has 0 atom stereocenters. The van der Waals surface area contributed by atoms with Crippen molar-refractivity contribution < 1.29 is 57.0 Å². The average Bonchev–Trinajstić information content (AvgIpc) is 3.12. The molecule has 0 saturated heterocycles. The minimum absolute atomic E-state index is 0.0531. The molecular formula is C32H25N9O13S4. The summed E-state index contributed by atoms with van der Waals surface area (Å²) < 4.78 is 134. The number of hydrogen-bond acceptors (Lipinski definition) is 18. The van der Waals surface area contributed by atoms with E-state index in [4.69, 9.17) is 4.55 Å². The predicted molar refractivity (Wildman–Crippen MR) is 204 cm³/mol. The van der Waals surface area contributed by atoms with Gasteiger partial charge in [0, 0.05) is 16.5 Å². The molecule has 6 rings (SSSR count). The van der Waals surface area contributed by atoms with Crippen LogP contribution in [0, 0.1) is 6.92 Å². The molecule has 0 aliphatic carbocycles. The lowest BCUT2D eigenvalue weighted by Gasteiger charge is -2.11. The third kappa shape index (κ3) is 9.76. The van der Waals surface area contributed by atoms with Crippen LogP contribution in [0.1, 0.15) is 5.56 Å². The van der Waals surface area contributed by atoms with E-state index < -0.39 is 61.2 Å². The number of aromatic nitrogens is 3. The zero-order valence-electron chi connectivity index (χ0n) is 28.9. The summed E-state index contributed by atoms with van der Waals surface area (Å²) in [5.74, 6) is -0.599. The van der Waals surface area contributed by atoms with Gasteiger partial charge in [-0.1, -0.05) is 12.1 Å². The van der Waals surface area contributed by atoms with Crippen LogP contribution in [0.4, 0.5) is 46.0 Å². The Labute approximate surface area is 328 Å². The highest BCUT2D eigenvalue weighted by atomic mass is 32.2. The first-order valence-electron chi connectivity index (χ1n) is 15.7. The zero-order valence-corrected chi connectivity index (χ0v) is 32.2. The van der Waals surface area contributed by atoms with Crippen molar-refractivity contribution in [3.8, 4) is 6.01 Å². The van der Waals surface area contributed by atoms with Crippen molar-refractivity contribution in [2.24, 2.45) is 20.5 Å². The van der Waals surface area contributed by atoms with E-state index in [-0.39, 0.29) is 56.0 Å². The fraction of sp³-hybridized carbons (Fsp3) is 0.0312. The molecule has 0 unspecified atom stereocenters. The quantitative estimate of drug-likeness (QED) is 0.0520. The second-order valence-corrected chi connectivity index (χ2v) is 17.4. The number of fused-ring (bicyclic) bond motifs is 1. The van der Waals surface area contributed by atoms with E-state index in [2.05, 4.69) is 46.0 Å². The Morgan fingerprint density at radius 3 is 1.72 bits per heavy atom. The average molecular weight is 872 g/mol. The normalized spacial score (nSPS) is 12.7. The summed E-state index contributed by atoms with van der Waals surface area (Å²) in [6.45, 7) is 1.62. The fourth-order valence-electron chi connectivity index (χ4n) is 5.18. The van der Waals surface area contributed by atoms with Crippen LogP contribution in [0.5, 0.6) is 6.01 Å². The fourth-order valence-corrected chi connectivity index (χ4v) is 7.75. The maximum absolute atomic E-state index is 12.3. The van der Waals surface area contributed by atoms with Crippen LogP contribution in [0.15, 0.2) is 131 Å². The van der Waals surface area contributed by atoms with Crippen molar-refractivity contribution in [1.29, 1.82) is 0 Å². The molecule has 0 radical (unpaired) electrons. The number of aryl methyl sites for hydroxylation is 1. The maximum atomic E-state index is 12.3. The van der Waals surface area contributed by atoms with Crippen LogP contribution in [-0.2, 0) is 40.5 Å². The van der Waals surface area contributed by atoms with Crippen molar-refractivity contribution in [3.63, 3.8) is 0 Å². The largest absolute Gasteiger partial charge is 0.479 e. The van der Waals surface area contributed by atoms with Gasteiger partial charge in [-0.15, -0.1) is 0 Å². The van der Waals surface area contributed by atoms with E-state index >= 15 is 0 Å². The summed E-state index contributed by atoms with van der Waals surface area (Å²) >= 11 is 0. The van der Waals surface area contributed by atoms with Gasteiger partial charge in [0.05, 0.1) is 33.3 Å². The Bertz CT molecular complexity index is 3150. The highest BCUT2D eigenvalue weighted by molar-refractivity contribution is 7.87. The molecule has 1 aromatic heterocycles. The number of hydrogen-bond donors (Lipinski definition) is 7.